The number of carbonyl (C=O) groups excluding carboxylic acids is 2. The third-order valence-corrected chi connectivity index (χ3v) is 4.69. The van der Waals surface area contributed by atoms with E-state index in [2.05, 4.69) is 5.32 Å². The van der Waals surface area contributed by atoms with Crippen LogP contribution in [0.4, 0.5) is 18.9 Å². The Morgan fingerprint density at radius 1 is 1.11 bits per heavy atom. The first-order valence-corrected chi connectivity index (χ1v) is 8.49. The maximum absolute atomic E-state index is 12.9. The van der Waals surface area contributed by atoms with E-state index in [0.717, 1.165) is 17.7 Å². The second-order valence-corrected chi connectivity index (χ2v) is 6.67. The van der Waals surface area contributed by atoms with Gasteiger partial charge in [0.2, 0.25) is 0 Å². The molecule has 27 heavy (non-hydrogen) atoms. The molecule has 0 atom stereocenters. The maximum atomic E-state index is 12.9. The van der Waals surface area contributed by atoms with Crippen LogP contribution in [0, 0.1) is 0 Å². The molecule has 3 rings (SSSR count). The second-order valence-electron chi connectivity index (χ2n) is 6.26. The lowest BCUT2D eigenvalue weighted by Crippen LogP contribution is -2.28. The second kappa shape index (κ2) is 7.23. The monoisotopic (exact) mass is 397 g/mol. The van der Waals surface area contributed by atoms with Gasteiger partial charge in [0, 0.05) is 5.69 Å². The molecule has 142 valence electrons. The minimum absolute atomic E-state index is 0.0861. The summed E-state index contributed by atoms with van der Waals surface area (Å²) in [6.45, 7) is -0.586. The van der Waals surface area contributed by atoms with Crippen LogP contribution in [0.15, 0.2) is 48.5 Å². The zero-order valence-corrected chi connectivity index (χ0v) is 14.7. The number of benzene rings is 2. The molecule has 1 fully saturated rings. The van der Waals surface area contributed by atoms with Gasteiger partial charge in [-0.1, -0.05) is 41.9 Å². The van der Waals surface area contributed by atoms with Crippen molar-refractivity contribution in [3.63, 3.8) is 0 Å². The highest BCUT2D eigenvalue weighted by atomic mass is 35.5. The summed E-state index contributed by atoms with van der Waals surface area (Å²) in [6, 6.07) is 12.1. The van der Waals surface area contributed by atoms with Crippen molar-refractivity contribution in [2.24, 2.45) is 0 Å². The van der Waals surface area contributed by atoms with Crippen molar-refractivity contribution in [2.75, 3.05) is 11.9 Å². The predicted octanol–water partition coefficient (Wildman–Crippen LogP) is 4.57. The first kappa shape index (κ1) is 19.2. The van der Waals surface area contributed by atoms with Gasteiger partial charge in [-0.25, -0.2) is 0 Å². The highest BCUT2D eigenvalue weighted by Crippen LogP contribution is 2.49. The van der Waals surface area contributed by atoms with E-state index in [0.29, 0.717) is 12.8 Å². The molecule has 2 aromatic carbocycles. The molecule has 1 aliphatic rings. The molecule has 4 nitrogen and oxygen atoms in total. The summed E-state index contributed by atoms with van der Waals surface area (Å²) in [7, 11) is 0. The van der Waals surface area contributed by atoms with Crippen molar-refractivity contribution in [2.45, 2.75) is 24.4 Å². The van der Waals surface area contributed by atoms with Crippen molar-refractivity contribution in [3.05, 3.63) is 64.7 Å². The highest BCUT2D eigenvalue weighted by Gasteiger charge is 2.52. The number of nitrogens with one attached hydrogen (secondary N) is 1. The van der Waals surface area contributed by atoms with Gasteiger partial charge in [-0.05, 0) is 36.6 Å². The summed E-state index contributed by atoms with van der Waals surface area (Å²) in [6.07, 6.45) is -3.38. The SMILES string of the molecule is O=C(COC(=O)C1(c2ccccc2)CC1)Nc1ccc(Cl)c(C(F)(F)F)c1. The summed E-state index contributed by atoms with van der Waals surface area (Å²) < 4.78 is 43.6. The Morgan fingerprint density at radius 3 is 2.37 bits per heavy atom. The molecule has 0 aliphatic heterocycles. The maximum Gasteiger partial charge on any atom is 0.417 e. The van der Waals surface area contributed by atoms with Crippen LogP contribution in [0.25, 0.3) is 0 Å². The van der Waals surface area contributed by atoms with Gasteiger partial charge in [0.1, 0.15) is 0 Å². The number of halogens is 4. The molecule has 1 aliphatic carbocycles. The number of carbonyl (C=O) groups is 2. The van der Waals surface area contributed by atoms with E-state index in [-0.39, 0.29) is 5.69 Å². The van der Waals surface area contributed by atoms with E-state index in [9.17, 15) is 22.8 Å². The average molecular weight is 398 g/mol. The van der Waals surface area contributed by atoms with Crippen molar-refractivity contribution >= 4 is 29.2 Å². The van der Waals surface area contributed by atoms with Gasteiger partial charge in [-0.15, -0.1) is 0 Å². The summed E-state index contributed by atoms with van der Waals surface area (Å²) in [5.41, 5.74) is -1.05. The number of hydrogen-bond acceptors (Lipinski definition) is 3. The minimum Gasteiger partial charge on any atom is -0.455 e. The van der Waals surface area contributed by atoms with Gasteiger partial charge in [-0.3, -0.25) is 9.59 Å². The third-order valence-electron chi connectivity index (χ3n) is 4.36. The fraction of sp³-hybridized carbons (Fsp3) is 0.263. The normalized spacial score (nSPS) is 15.1. The number of esters is 1. The lowest BCUT2D eigenvalue weighted by Gasteiger charge is -2.15. The lowest BCUT2D eigenvalue weighted by atomic mass is 9.96. The van der Waals surface area contributed by atoms with Crippen molar-refractivity contribution in [3.8, 4) is 0 Å². The van der Waals surface area contributed by atoms with E-state index >= 15 is 0 Å². The summed E-state index contributed by atoms with van der Waals surface area (Å²) >= 11 is 5.53. The van der Waals surface area contributed by atoms with Crippen molar-refractivity contribution in [1.82, 2.24) is 0 Å². The Balaban J connectivity index is 1.60. The number of anilines is 1. The fourth-order valence-electron chi connectivity index (χ4n) is 2.78. The average Bonchev–Trinajstić information content (AvgIpc) is 3.43. The summed E-state index contributed by atoms with van der Waals surface area (Å²) in [4.78, 5) is 24.3. The van der Waals surface area contributed by atoms with Crippen LogP contribution in [-0.2, 0) is 25.9 Å². The van der Waals surface area contributed by atoms with Crippen molar-refractivity contribution in [1.29, 1.82) is 0 Å². The molecule has 0 heterocycles. The number of hydrogen-bond donors (Lipinski definition) is 1. The largest absolute Gasteiger partial charge is 0.455 e. The molecule has 0 unspecified atom stereocenters. The van der Waals surface area contributed by atoms with Crippen LogP contribution >= 0.6 is 11.6 Å². The number of rotatable bonds is 5. The van der Waals surface area contributed by atoms with Crippen molar-refractivity contribution < 1.29 is 27.5 Å². The van der Waals surface area contributed by atoms with E-state index in [1.807, 2.05) is 30.3 Å². The predicted molar refractivity (Wildman–Crippen MR) is 93.4 cm³/mol. The minimum atomic E-state index is -4.64. The Kier molecular flexibility index (Phi) is 5.15. The Morgan fingerprint density at radius 2 is 1.78 bits per heavy atom. The number of amides is 1. The van der Waals surface area contributed by atoms with E-state index in [1.54, 1.807) is 0 Å². The van der Waals surface area contributed by atoms with E-state index < -0.39 is 40.7 Å². The Hall–Kier alpha value is -2.54. The quantitative estimate of drug-likeness (QED) is 0.752. The number of alkyl halides is 3. The topological polar surface area (TPSA) is 55.4 Å². The molecular weight excluding hydrogens is 383 g/mol. The first-order valence-electron chi connectivity index (χ1n) is 8.12. The standard InChI is InChI=1S/C19H15ClF3NO3/c20-15-7-6-13(10-14(15)19(21,22)23)24-16(25)11-27-17(26)18(8-9-18)12-4-2-1-3-5-12/h1-7,10H,8-9,11H2,(H,24,25). The first-order chi connectivity index (χ1) is 12.7. The fourth-order valence-corrected chi connectivity index (χ4v) is 3.00. The third kappa shape index (κ3) is 4.24. The molecule has 8 heteroatoms. The molecule has 1 N–H and O–H groups in total. The molecule has 0 radical (unpaired) electrons. The highest BCUT2D eigenvalue weighted by molar-refractivity contribution is 6.31. The lowest BCUT2D eigenvalue weighted by molar-refractivity contribution is -0.150. The molecule has 2 aromatic rings. The molecule has 1 saturated carbocycles. The van der Waals surface area contributed by atoms with Crippen LogP contribution in [0.3, 0.4) is 0 Å². The van der Waals surface area contributed by atoms with E-state index in [4.69, 9.17) is 16.3 Å². The van der Waals surface area contributed by atoms with Crippen LogP contribution < -0.4 is 5.32 Å². The van der Waals surface area contributed by atoms with Gasteiger partial charge >= 0.3 is 12.1 Å². The summed E-state index contributed by atoms with van der Waals surface area (Å²) in [5.74, 6) is -1.25. The van der Waals surface area contributed by atoms with E-state index in [1.165, 1.54) is 6.07 Å². The van der Waals surface area contributed by atoms with Gasteiger partial charge in [-0.2, -0.15) is 13.2 Å². The molecule has 0 bridgehead atoms. The molecule has 0 spiro atoms. The smallest absolute Gasteiger partial charge is 0.417 e. The molecule has 1 amide bonds. The Bertz CT molecular complexity index is 864. The number of ether oxygens (including phenoxy) is 1. The van der Waals surface area contributed by atoms with Crippen LogP contribution in [0.2, 0.25) is 5.02 Å². The molecular formula is C19H15ClF3NO3. The zero-order valence-electron chi connectivity index (χ0n) is 14.0. The zero-order chi connectivity index (χ0) is 19.7. The van der Waals surface area contributed by atoms with Gasteiger partial charge in [0.25, 0.3) is 5.91 Å². The van der Waals surface area contributed by atoms with Gasteiger partial charge < -0.3 is 10.1 Å². The summed E-state index contributed by atoms with van der Waals surface area (Å²) in [5, 5.41) is 1.81. The van der Waals surface area contributed by atoms with Crippen LogP contribution in [0.1, 0.15) is 24.0 Å². The van der Waals surface area contributed by atoms with Crippen LogP contribution in [-0.4, -0.2) is 18.5 Å². The Labute approximate surface area is 158 Å². The van der Waals surface area contributed by atoms with Gasteiger partial charge in [0.15, 0.2) is 6.61 Å². The molecule has 0 saturated heterocycles. The van der Waals surface area contributed by atoms with Gasteiger partial charge in [0.05, 0.1) is 16.0 Å². The van der Waals surface area contributed by atoms with Crippen LogP contribution in [0.5, 0.6) is 0 Å². The molecule has 0 aromatic heterocycles.